The Balaban J connectivity index is 2.05. The highest BCUT2D eigenvalue weighted by Gasteiger charge is 2.16. The molecule has 0 atom stereocenters. The molecule has 3 rings (SSSR count). The summed E-state index contributed by atoms with van der Waals surface area (Å²) < 4.78 is 0. The van der Waals surface area contributed by atoms with E-state index in [0.29, 0.717) is 22.2 Å². The van der Waals surface area contributed by atoms with E-state index in [-0.39, 0.29) is 15.6 Å². The highest BCUT2D eigenvalue weighted by molar-refractivity contribution is 6.40. The zero-order valence-corrected chi connectivity index (χ0v) is 13.2. The van der Waals surface area contributed by atoms with Gasteiger partial charge < -0.3 is 5.32 Å². The number of carbonyl (C=O) groups is 2. The van der Waals surface area contributed by atoms with Gasteiger partial charge in [-0.25, -0.2) is 0 Å². The molecule has 0 aliphatic rings. The molecule has 2 aromatic carbocycles. The fourth-order valence-corrected chi connectivity index (χ4v) is 2.87. The van der Waals surface area contributed by atoms with Crippen molar-refractivity contribution >= 4 is 52.0 Å². The molecule has 114 valence electrons. The van der Waals surface area contributed by atoms with E-state index < -0.39 is 5.91 Å². The number of aldehydes is 1. The van der Waals surface area contributed by atoms with Crippen LogP contribution in [-0.2, 0) is 0 Å². The monoisotopic (exact) mass is 344 g/mol. The second kappa shape index (κ2) is 6.36. The molecular formula is C17H10Cl2N2O2. The molecule has 23 heavy (non-hydrogen) atoms. The smallest absolute Gasteiger partial charge is 0.258 e. The number of aromatic nitrogens is 1. The average molecular weight is 345 g/mol. The number of benzene rings is 2. The molecule has 0 aliphatic carbocycles. The quantitative estimate of drug-likeness (QED) is 0.706. The molecule has 0 saturated carbocycles. The first-order valence-electron chi connectivity index (χ1n) is 6.70. The number of carbonyl (C=O) groups excluding carboxylic acids is 2. The van der Waals surface area contributed by atoms with Gasteiger partial charge in [-0.15, -0.1) is 0 Å². The van der Waals surface area contributed by atoms with Crippen molar-refractivity contribution in [1.82, 2.24) is 4.98 Å². The highest BCUT2D eigenvalue weighted by Crippen LogP contribution is 2.27. The lowest BCUT2D eigenvalue weighted by Crippen LogP contribution is -2.13. The molecule has 0 saturated heterocycles. The van der Waals surface area contributed by atoms with Crippen molar-refractivity contribution in [2.75, 3.05) is 5.32 Å². The summed E-state index contributed by atoms with van der Waals surface area (Å²) in [5.41, 5.74) is 1.70. The van der Waals surface area contributed by atoms with Gasteiger partial charge in [-0.1, -0.05) is 41.4 Å². The number of nitrogens with zero attached hydrogens (tertiary/aromatic N) is 1. The van der Waals surface area contributed by atoms with Crippen molar-refractivity contribution in [3.63, 3.8) is 0 Å². The van der Waals surface area contributed by atoms with Crippen LogP contribution in [0.1, 0.15) is 20.7 Å². The van der Waals surface area contributed by atoms with Gasteiger partial charge in [0.15, 0.2) is 6.29 Å². The van der Waals surface area contributed by atoms with Crippen LogP contribution in [0.3, 0.4) is 0 Å². The van der Waals surface area contributed by atoms with Gasteiger partial charge in [-0.2, -0.15) is 0 Å². The number of pyridine rings is 1. The zero-order valence-electron chi connectivity index (χ0n) is 11.7. The van der Waals surface area contributed by atoms with E-state index in [1.54, 1.807) is 42.5 Å². The molecule has 1 N–H and O–H groups in total. The zero-order chi connectivity index (χ0) is 16.4. The number of nitrogens with one attached hydrogen (secondary N) is 1. The van der Waals surface area contributed by atoms with Crippen molar-refractivity contribution in [3.8, 4) is 0 Å². The van der Waals surface area contributed by atoms with Gasteiger partial charge in [0, 0.05) is 17.1 Å². The first kappa shape index (κ1) is 15.5. The number of fused-ring (bicyclic) bond motifs is 1. The molecule has 0 bridgehead atoms. The summed E-state index contributed by atoms with van der Waals surface area (Å²) in [6.07, 6.45) is 2.27. The Bertz CT molecular complexity index is 905. The standard InChI is InChI=1S/C17H10Cl2N2O2/c18-12-4-2-5-13(19)15(12)17(23)21-14-6-1-3-11-10(9-22)7-8-20-16(11)14/h1-9H,(H,21,23). The van der Waals surface area contributed by atoms with Gasteiger partial charge >= 0.3 is 0 Å². The second-order valence-electron chi connectivity index (χ2n) is 4.77. The minimum absolute atomic E-state index is 0.194. The Morgan fingerprint density at radius 3 is 2.43 bits per heavy atom. The van der Waals surface area contributed by atoms with E-state index in [1.165, 1.54) is 6.20 Å². The summed E-state index contributed by atoms with van der Waals surface area (Å²) in [7, 11) is 0. The molecule has 0 unspecified atom stereocenters. The van der Waals surface area contributed by atoms with Crippen LogP contribution in [0.5, 0.6) is 0 Å². The van der Waals surface area contributed by atoms with Crippen LogP contribution in [0.25, 0.3) is 10.9 Å². The maximum absolute atomic E-state index is 12.5. The normalized spacial score (nSPS) is 10.5. The van der Waals surface area contributed by atoms with Gasteiger partial charge in [-0.05, 0) is 24.3 Å². The van der Waals surface area contributed by atoms with Crippen LogP contribution in [0, 0.1) is 0 Å². The lowest BCUT2D eigenvalue weighted by atomic mass is 10.1. The van der Waals surface area contributed by atoms with Gasteiger partial charge in [0.25, 0.3) is 5.91 Å². The van der Waals surface area contributed by atoms with Crippen LogP contribution in [0.2, 0.25) is 10.0 Å². The van der Waals surface area contributed by atoms with Crippen molar-refractivity contribution < 1.29 is 9.59 Å². The SMILES string of the molecule is O=Cc1ccnc2c(NC(=O)c3c(Cl)cccc3Cl)cccc12. The molecule has 0 radical (unpaired) electrons. The third kappa shape index (κ3) is 2.91. The third-order valence-electron chi connectivity index (χ3n) is 3.37. The minimum atomic E-state index is -0.439. The van der Waals surface area contributed by atoms with Crippen molar-refractivity contribution in [2.24, 2.45) is 0 Å². The summed E-state index contributed by atoms with van der Waals surface area (Å²) in [5, 5.41) is 3.93. The number of rotatable bonds is 3. The number of hydrogen-bond donors (Lipinski definition) is 1. The van der Waals surface area contributed by atoms with E-state index in [9.17, 15) is 9.59 Å². The Kier molecular flexibility index (Phi) is 4.28. The van der Waals surface area contributed by atoms with Crippen molar-refractivity contribution in [3.05, 3.63) is 69.8 Å². The topological polar surface area (TPSA) is 59.1 Å². The fourth-order valence-electron chi connectivity index (χ4n) is 2.30. The number of hydrogen-bond acceptors (Lipinski definition) is 3. The summed E-state index contributed by atoms with van der Waals surface area (Å²) in [4.78, 5) is 27.8. The molecule has 6 heteroatoms. The Labute approximate surface area is 142 Å². The molecule has 1 heterocycles. The fraction of sp³-hybridized carbons (Fsp3) is 0. The summed E-state index contributed by atoms with van der Waals surface area (Å²) in [5.74, 6) is -0.439. The first-order chi connectivity index (χ1) is 11.1. The van der Waals surface area contributed by atoms with E-state index in [0.717, 1.165) is 6.29 Å². The maximum atomic E-state index is 12.5. The maximum Gasteiger partial charge on any atom is 0.258 e. The predicted octanol–water partition coefficient (Wildman–Crippen LogP) is 4.61. The number of para-hydroxylation sites is 1. The van der Waals surface area contributed by atoms with E-state index in [4.69, 9.17) is 23.2 Å². The Morgan fingerprint density at radius 1 is 1.04 bits per heavy atom. The number of anilines is 1. The van der Waals surface area contributed by atoms with E-state index in [1.807, 2.05) is 0 Å². The van der Waals surface area contributed by atoms with Crippen LogP contribution < -0.4 is 5.32 Å². The number of halogens is 2. The van der Waals surface area contributed by atoms with Crippen LogP contribution in [0.15, 0.2) is 48.7 Å². The molecular weight excluding hydrogens is 335 g/mol. The van der Waals surface area contributed by atoms with Gasteiger partial charge in [0.1, 0.15) is 0 Å². The lowest BCUT2D eigenvalue weighted by Gasteiger charge is -2.10. The van der Waals surface area contributed by atoms with Crippen LogP contribution in [-0.4, -0.2) is 17.2 Å². The lowest BCUT2D eigenvalue weighted by molar-refractivity contribution is 0.102. The Hall–Kier alpha value is -2.43. The summed E-state index contributed by atoms with van der Waals surface area (Å²) >= 11 is 12.1. The van der Waals surface area contributed by atoms with Gasteiger partial charge in [0.05, 0.1) is 26.8 Å². The minimum Gasteiger partial charge on any atom is -0.320 e. The molecule has 1 aromatic heterocycles. The molecule has 0 fully saturated rings. The Morgan fingerprint density at radius 2 is 1.74 bits per heavy atom. The molecule has 0 spiro atoms. The van der Waals surface area contributed by atoms with Crippen LogP contribution >= 0.6 is 23.2 Å². The van der Waals surface area contributed by atoms with Gasteiger partial charge in [-0.3, -0.25) is 14.6 Å². The second-order valence-corrected chi connectivity index (χ2v) is 5.58. The largest absolute Gasteiger partial charge is 0.320 e. The van der Waals surface area contributed by atoms with Gasteiger partial charge in [0.2, 0.25) is 0 Å². The van der Waals surface area contributed by atoms with Crippen LogP contribution in [0.4, 0.5) is 5.69 Å². The molecule has 4 nitrogen and oxygen atoms in total. The first-order valence-corrected chi connectivity index (χ1v) is 7.45. The number of amides is 1. The predicted molar refractivity (Wildman–Crippen MR) is 91.5 cm³/mol. The van der Waals surface area contributed by atoms with Crippen molar-refractivity contribution in [2.45, 2.75) is 0 Å². The molecule has 1 amide bonds. The average Bonchev–Trinajstić information content (AvgIpc) is 2.54. The highest BCUT2D eigenvalue weighted by atomic mass is 35.5. The van der Waals surface area contributed by atoms with Crippen molar-refractivity contribution in [1.29, 1.82) is 0 Å². The molecule has 0 aliphatic heterocycles. The summed E-state index contributed by atoms with van der Waals surface area (Å²) in [6, 6.07) is 11.7. The van der Waals surface area contributed by atoms with E-state index in [2.05, 4.69) is 10.3 Å². The molecule has 3 aromatic rings. The summed E-state index contributed by atoms with van der Waals surface area (Å²) in [6.45, 7) is 0. The van der Waals surface area contributed by atoms with E-state index >= 15 is 0 Å². The third-order valence-corrected chi connectivity index (χ3v) is 4.00.